The maximum absolute atomic E-state index is 13.1. The molecule has 1 aliphatic carbocycles. The van der Waals surface area contributed by atoms with Crippen molar-refractivity contribution in [1.29, 1.82) is 0 Å². The second-order valence-corrected chi connectivity index (χ2v) is 9.01. The predicted octanol–water partition coefficient (Wildman–Crippen LogP) is 3.25. The SMILES string of the molecule is Cc1nc(CN2C[C@H]3C[C@@H](Oc4ccc(F)cc4)[C@H](O)C[C@H]3C2)sc1C.O=CO. The fourth-order valence-electron chi connectivity index (χ4n) is 4.23. The molecule has 2 N–H and O–H groups in total. The van der Waals surface area contributed by atoms with Crippen molar-refractivity contribution >= 4 is 17.8 Å². The average Bonchev–Trinajstić information content (AvgIpc) is 3.19. The van der Waals surface area contributed by atoms with Crippen molar-refractivity contribution in [2.75, 3.05) is 13.1 Å². The van der Waals surface area contributed by atoms with Gasteiger partial charge >= 0.3 is 0 Å². The summed E-state index contributed by atoms with van der Waals surface area (Å²) in [5.74, 6) is 1.39. The van der Waals surface area contributed by atoms with Gasteiger partial charge in [-0.1, -0.05) is 0 Å². The molecule has 158 valence electrons. The first-order valence-electron chi connectivity index (χ1n) is 9.73. The fraction of sp³-hybridized carbons (Fsp3) is 0.524. The van der Waals surface area contributed by atoms with Gasteiger partial charge in [-0.15, -0.1) is 11.3 Å². The summed E-state index contributed by atoms with van der Waals surface area (Å²) in [4.78, 5) is 16.8. The van der Waals surface area contributed by atoms with E-state index in [1.165, 1.54) is 22.0 Å². The smallest absolute Gasteiger partial charge is 0.290 e. The molecule has 29 heavy (non-hydrogen) atoms. The van der Waals surface area contributed by atoms with Gasteiger partial charge in [-0.3, -0.25) is 9.69 Å². The number of carbonyl (C=O) groups is 1. The molecular formula is C21H27FN2O4S. The van der Waals surface area contributed by atoms with E-state index < -0.39 is 6.10 Å². The van der Waals surface area contributed by atoms with Crippen LogP contribution in [0, 0.1) is 31.5 Å². The van der Waals surface area contributed by atoms with E-state index in [2.05, 4.69) is 23.7 Å². The van der Waals surface area contributed by atoms with Crippen LogP contribution in [0.5, 0.6) is 5.75 Å². The number of likely N-dealkylation sites (tertiary alicyclic amines) is 1. The minimum Gasteiger partial charge on any atom is -0.488 e. The Labute approximate surface area is 174 Å². The number of carboxylic acid groups (broad SMARTS) is 1. The first-order valence-corrected chi connectivity index (χ1v) is 10.5. The van der Waals surface area contributed by atoms with Gasteiger partial charge in [-0.2, -0.15) is 0 Å². The number of rotatable bonds is 4. The Hall–Kier alpha value is -2.03. The minimum atomic E-state index is -0.467. The van der Waals surface area contributed by atoms with E-state index in [1.54, 1.807) is 23.5 Å². The van der Waals surface area contributed by atoms with Crippen molar-refractivity contribution in [1.82, 2.24) is 9.88 Å². The lowest BCUT2D eigenvalue weighted by atomic mass is 9.78. The molecule has 2 aliphatic rings. The van der Waals surface area contributed by atoms with Crippen LogP contribution >= 0.6 is 11.3 Å². The Bertz CT molecular complexity index is 794. The highest BCUT2D eigenvalue weighted by Crippen LogP contribution is 2.38. The zero-order valence-electron chi connectivity index (χ0n) is 16.6. The number of aliphatic hydroxyl groups is 1. The molecule has 1 saturated heterocycles. The van der Waals surface area contributed by atoms with Crippen LogP contribution in [0.3, 0.4) is 0 Å². The highest BCUT2D eigenvalue weighted by atomic mass is 32.1. The highest BCUT2D eigenvalue weighted by Gasteiger charge is 2.42. The summed E-state index contributed by atoms with van der Waals surface area (Å²) in [5, 5.41) is 18.6. The summed E-state index contributed by atoms with van der Waals surface area (Å²) in [7, 11) is 0. The zero-order valence-corrected chi connectivity index (χ0v) is 17.4. The fourth-order valence-corrected chi connectivity index (χ4v) is 5.21. The van der Waals surface area contributed by atoms with Crippen molar-refractivity contribution in [2.24, 2.45) is 11.8 Å². The molecular weight excluding hydrogens is 395 g/mol. The van der Waals surface area contributed by atoms with Crippen LogP contribution in [0.2, 0.25) is 0 Å². The summed E-state index contributed by atoms with van der Waals surface area (Å²) in [6, 6.07) is 6.04. The third-order valence-electron chi connectivity index (χ3n) is 5.69. The van der Waals surface area contributed by atoms with Gasteiger partial charge in [0.1, 0.15) is 22.7 Å². The molecule has 0 amide bonds. The molecule has 1 aliphatic heterocycles. The number of thiazole rings is 1. The van der Waals surface area contributed by atoms with Gasteiger partial charge in [0, 0.05) is 18.0 Å². The molecule has 2 heterocycles. The summed E-state index contributed by atoms with van der Waals surface area (Å²) >= 11 is 1.78. The number of aliphatic hydroxyl groups excluding tert-OH is 1. The molecule has 0 spiro atoms. The Kier molecular flexibility index (Phi) is 7.21. The number of aromatic nitrogens is 1. The summed E-state index contributed by atoms with van der Waals surface area (Å²) in [5.41, 5.74) is 1.13. The normalized spacial score (nSPS) is 26.3. The Morgan fingerprint density at radius 1 is 1.24 bits per heavy atom. The van der Waals surface area contributed by atoms with Gasteiger partial charge in [0.15, 0.2) is 0 Å². The summed E-state index contributed by atoms with van der Waals surface area (Å²) in [6.45, 7) is 6.87. The Morgan fingerprint density at radius 2 is 1.86 bits per heavy atom. The van der Waals surface area contributed by atoms with Gasteiger partial charge in [-0.25, -0.2) is 9.37 Å². The van der Waals surface area contributed by atoms with E-state index in [0.29, 0.717) is 17.6 Å². The van der Waals surface area contributed by atoms with Crippen LogP contribution in [0.15, 0.2) is 24.3 Å². The molecule has 0 bridgehead atoms. The van der Waals surface area contributed by atoms with Crippen molar-refractivity contribution in [3.8, 4) is 5.75 Å². The minimum absolute atomic E-state index is 0.217. The predicted molar refractivity (Wildman–Crippen MR) is 109 cm³/mol. The van der Waals surface area contributed by atoms with Crippen molar-refractivity contribution < 1.29 is 24.1 Å². The number of fused-ring (bicyclic) bond motifs is 1. The quantitative estimate of drug-likeness (QED) is 0.736. The second kappa shape index (κ2) is 9.65. The van der Waals surface area contributed by atoms with Gasteiger partial charge in [-0.05, 0) is 62.8 Å². The number of halogens is 1. The van der Waals surface area contributed by atoms with E-state index in [4.69, 9.17) is 14.6 Å². The van der Waals surface area contributed by atoms with E-state index in [-0.39, 0.29) is 18.4 Å². The standard InChI is InChI=1S/C20H25FN2O2S.CH2O2/c1-12-13(2)26-20(22-12)11-23-9-14-7-18(24)19(8-15(14)10-23)25-17-5-3-16(21)4-6-17;2-1-3/h3-6,14-15,18-19,24H,7-11H2,1-2H3;1H,(H,2,3)/t14-,15+,18+,19+;/m0./s1. The lowest BCUT2D eigenvalue weighted by Crippen LogP contribution is -2.42. The number of hydrogen-bond acceptors (Lipinski definition) is 6. The van der Waals surface area contributed by atoms with Gasteiger partial charge in [0.25, 0.3) is 6.47 Å². The third-order valence-corrected chi connectivity index (χ3v) is 6.75. The van der Waals surface area contributed by atoms with Crippen molar-refractivity contribution in [3.05, 3.63) is 45.7 Å². The molecule has 6 nitrogen and oxygen atoms in total. The van der Waals surface area contributed by atoms with Gasteiger partial charge in [0.2, 0.25) is 0 Å². The maximum Gasteiger partial charge on any atom is 0.290 e. The number of nitrogens with zero attached hydrogens (tertiary/aromatic N) is 2. The number of ether oxygens (including phenoxy) is 1. The van der Waals surface area contributed by atoms with Crippen molar-refractivity contribution in [2.45, 2.75) is 45.4 Å². The van der Waals surface area contributed by atoms with Crippen LogP contribution in [0.4, 0.5) is 4.39 Å². The first-order chi connectivity index (χ1) is 13.9. The van der Waals surface area contributed by atoms with Crippen LogP contribution < -0.4 is 4.74 Å². The second-order valence-electron chi connectivity index (χ2n) is 7.72. The lowest BCUT2D eigenvalue weighted by molar-refractivity contribution is -0.122. The van der Waals surface area contributed by atoms with Crippen molar-refractivity contribution in [3.63, 3.8) is 0 Å². The maximum atomic E-state index is 13.1. The summed E-state index contributed by atoms with van der Waals surface area (Å²) in [6.07, 6.45) is 0.926. The van der Waals surface area contributed by atoms with Gasteiger partial charge < -0.3 is 14.9 Å². The number of aryl methyl sites for hydroxylation is 2. The molecule has 0 unspecified atom stereocenters. The molecule has 2 aromatic rings. The van der Waals surface area contributed by atoms with E-state index in [1.807, 2.05) is 0 Å². The van der Waals surface area contributed by atoms with Crippen LogP contribution in [-0.2, 0) is 11.3 Å². The van der Waals surface area contributed by atoms with Crippen LogP contribution in [0.1, 0.15) is 28.4 Å². The topological polar surface area (TPSA) is 82.9 Å². The average molecular weight is 423 g/mol. The molecule has 4 atom stereocenters. The van der Waals surface area contributed by atoms with E-state index >= 15 is 0 Å². The molecule has 2 fully saturated rings. The molecule has 4 rings (SSSR count). The Morgan fingerprint density at radius 3 is 2.45 bits per heavy atom. The monoisotopic (exact) mass is 422 g/mol. The molecule has 1 saturated carbocycles. The molecule has 8 heteroatoms. The van der Waals surface area contributed by atoms with Crippen LogP contribution in [0.25, 0.3) is 0 Å². The summed E-state index contributed by atoms with van der Waals surface area (Å²) < 4.78 is 19.0. The largest absolute Gasteiger partial charge is 0.488 e. The van der Waals surface area contributed by atoms with E-state index in [0.717, 1.165) is 38.2 Å². The van der Waals surface area contributed by atoms with Gasteiger partial charge in [0.05, 0.1) is 18.3 Å². The Balaban J connectivity index is 0.000000755. The third kappa shape index (κ3) is 5.52. The van der Waals surface area contributed by atoms with Crippen LogP contribution in [-0.4, -0.2) is 51.9 Å². The lowest BCUT2D eigenvalue weighted by Gasteiger charge is -2.35. The molecule has 1 aromatic heterocycles. The van der Waals surface area contributed by atoms with E-state index in [9.17, 15) is 9.50 Å². The molecule has 0 radical (unpaired) electrons. The number of benzene rings is 1. The molecule has 1 aromatic carbocycles. The first kappa shape index (κ1) is 21.7. The highest BCUT2D eigenvalue weighted by molar-refractivity contribution is 7.11. The zero-order chi connectivity index (χ0) is 21.0. The number of hydrogen-bond donors (Lipinski definition) is 2.